The van der Waals surface area contributed by atoms with Gasteiger partial charge in [0.05, 0.1) is 5.02 Å². The summed E-state index contributed by atoms with van der Waals surface area (Å²) in [5, 5.41) is 3.71. The van der Waals surface area contributed by atoms with Crippen LogP contribution in [0, 0.1) is 11.2 Å². The Morgan fingerprint density at radius 3 is 2.65 bits per heavy atom. The van der Waals surface area contributed by atoms with E-state index in [1.165, 1.54) is 6.07 Å². The first-order valence-electron chi connectivity index (χ1n) is 5.64. The zero-order valence-electron chi connectivity index (χ0n) is 10.4. The first-order valence-corrected chi connectivity index (χ1v) is 6.81. The molecule has 1 nitrogen and oxygen atoms in total. The number of hydrogen-bond acceptors (Lipinski definition) is 1. The van der Waals surface area contributed by atoms with Gasteiger partial charge in [-0.2, -0.15) is 0 Å². The number of benzene rings is 1. The van der Waals surface area contributed by atoms with Crippen molar-refractivity contribution < 1.29 is 4.39 Å². The number of hydrogen-bond donors (Lipinski definition) is 1. The minimum absolute atomic E-state index is 0.154. The molecule has 1 N–H and O–H groups in total. The van der Waals surface area contributed by atoms with E-state index in [9.17, 15) is 4.39 Å². The van der Waals surface area contributed by atoms with Crippen LogP contribution in [0.5, 0.6) is 0 Å². The highest BCUT2D eigenvalue weighted by Crippen LogP contribution is 2.28. The van der Waals surface area contributed by atoms with Crippen molar-refractivity contribution in [3.8, 4) is 0 Å². The summed E-state index contributed by atoms with van der Waals surface area (Å²) in [4.78, 5) is 0. The van der Waals surface area contributed by atoms with Gasteiger partial charge in [0.25, 0.3) is 0 Å². The SMILES string of the molecule is CNCC(C)(C)CCc1cc(Cl)c(Br)cc1F. The van der Waals surface area contributed by atoms with Crippen molar-refractivity contribution in [2.75, 3.05) is 13.6 Å². The van der Waals surface area contributed by atoms with E-state index in [2.05, 4.69) is 35.1 Å². The molecule has 0 fully saturated rings. The maximum atomic E-state index is 13.7. The Balaban J connectivity index is 2.73. The largest absolute Gasteiger partial charge is 0.319 e. The van der Waals surface area contributed by atoms with E-state index in [1.54, 1.807) is 6.07 Å². The fraction of sp³-hybridized carbons (Fsp3) is 0.538. The predicted octanol–water partition coefficient (Wildman–Crippen LogP) is 4.42. The van der Waals surface area contributed by atoms with Crippen molar-refractivity contribution in [3.05, 3.63) is 33.0 Å². The minimum Gasteiger partial charge on any atom is -0.319 e. The van der Waals surface area contributed by atoms with Crippen molar-refractivity contribution in [2.45, 2.75) is 26.7 Å². The zero-order valence-corrected chi connectivity index (χ0v) is 12.8. The highest BCUT2D eigenvalue weighted by atomic mass is 79.9. The van der Waals surface area contributed by atoms with E-state index < -0.39 is 0 Å². The van der Waals surface area contributed by atoms with Crippen LogP contribution in [-0.2, 0) is 6.42 Å². The van der Waals surface area contributed by atoms with Crippen molar-refractivity contribution >= 4 is 27.5 Å². The molecular formula is C13H18BrClFN. The quantitative estimate of drug-likeness (QED) is 0.791. The molecule has 1 aromatic rings. The summed E-state index contributed by atoms with van der Waals surface area (Å²) >= 11 is 9.18. The molecule has 0 aliphatic rings. The van der Waals surface area contributed by atoms with Gasteiger partial charge < -0.3 is 5.32 Å². The molecule has 1 aromatic carbocycles. The van der Waals surface area contributed by atoms with Crippen molar-refractivity contribution in [1.29, 1.82) is 0 Å². The summed E-state index contributed by atoms with van der Waals surface area (Å²) in [5.41, 5.74) is 0.836. The van der Waals surface area contributed by atoms with Gasteiger partial charge in [0.1, 0.15) is 5.82 Å². The Bertz CT molecular complexity index is 393. The number of aryl methyl sites for hydroxylation is 1. The second-order valence-electron chi connectivity index (χ2n) is 5.05. The highest BCUT2D eigenvalue weighted by Gasteiger charge is 2.18. The number of nitrogens with one attached hydrogen (secondary N) is 1. The first-order chi connectivity index (χ1) is 7.85. The van der Waals surface area contributed by atoms with Crippen LogP contribution in [0.3, 0.4) is 0 Å². The molecule has 0 bridgehead atoms. The molecule has 0 spiro atoms. The number of halogens is 3. The molecule has 0 atom stereocenters. The molecule has 0 aliphatic heterocycles. The summed E-state index contributed by atoms with van der Waals surface area (Å²) in [7, 11) is 1.93. The molecule has 0 radical (unpaired) electrons. The van der Waals surface area contributed by atoms with Gasteiger partial charge in [0.15, 0.2) is 0 Å². The van der Waals surface area contributed by atoms with Crippen molar-refractivity contribution in [2.24, 2.45) is 5.41 Å². The third kappa shape index (κ3) is 4.57. The first kappa shape index (κ1) is 14.9. The van der Waals surface area contributed by atoms with Crippen LogP contribution in [-0.4, -0.2) is 13.6 Å². The van der Waals surface area contributed by atoms with Crippen LogP contribution in [0.2, 0.25) is 5.02 Å². The lowest BCUT2D eigenvalue weighted by Crippen LogP contribution is -2.27. The Hall–Kier alpha value is -0.120. The molecule has 0 saturated carbocycles. The molecule has 0 unspecified atom stereocenters. The Morgan fingerprint density at radius 2 is 2.06 bits per heavy atom. The summed E-state index contributed by atoms with van der Waals surface area (Å²) in [6.45, 7) is 5.25. The van der Waals surface area contributed by atoms with Crippen LogP contribution in [0.4, 0.5) is 4.39 Å². The smallest absolute Gasteiger partial charge is 0.127 e. The lowest BCUT2D eigenvalue weighted by Gasteiger charge is -2.24. The lowest BCUT2D eigenvalue weighted by atomic mass is 9.86. The maximum absolute atomic E-state index is 13.7. The predicted molar refractivity (Wildman–Crippen MR) is 75.1 cm³/mol. The highest BCUT2D eigenvalue weighted by molar-refractivity contribution is 9.10. The molecule has 96 valence electrons. The minimum atomic E-state index is -0.193. The van der Waals surface area contributed by atoms with Gasteiger partial charge in [0.2, 0.25) is 0 Å². The summed E-state index contributed by atoms with van der Waals surface area (Å²) in [5.74, 6) is -0.193. The maximum Gasteiger partial charge on any atom is 0.127 e. The van der Waals surface area contributed by atoms with Crippen LogP contribution < -0.4 is 5.32 Å². The summed E-state index contributed by atoms with van der Waals surface area (Å²) in [6, 6.07) is 3.14. The average molecular weight is 323 g/mol. The molecule has 0 saturated heterocycles. The van der Waals surface area contributed by atoms with E-state index in [0.717, 1.165) is 13.0 Å². The van der Waals surface area contributed by atoms with Crippen LogP contribution in [0.1, 0.15) is 25.8 Å². The molecule has 0 amide bonds. The molecule has 1 rings (SSSR count). The summed E-state index contributed by atoms with van der Waals surface area (Å²) < 4.78 is 14.3. The standard InChI is InChI=1S/C13H18BrClFN/c1-13(2,8-17-3)5-4-9-6-11(15)10(14)7-12(9)16/h6-7,17H,4-5,8H2,1-3H3. The third-order valence-electron chi connectivity index (χ3n) is 2.82. The number of rotatable bonds is 5. The van der Waals surface area contributed by atoms with Gasteiger partial charge in [-0.1, -0.05) is 25.4 Å². The van der Waals surface area contributed by atoms with E-state index in [-0.39, 0.29) is 11.2 Å². The average Bonchev–Trinajstić information content (AvgIpc) is 2.21. The van der Waals surface area contributed by atoms with Gasteiger partial charge in [-0.05, 0) is 65.5 Å². The normalized spacial score (nSPS) is 11.9. The second kappa shape index (κ2) is 6.17. The molecule has 0 aliphatic carbocycles. The second-order valence-corrected chi connectivity index (χ2v) is 6.31. The molecular weight excluding hydrogens is 305 g/mol. The van der Waals surface area contributed by atoms with Gasteiger partial charge >= 0.3 is 0 Å². The monoisotopic (exact) mass is 321 g/mol. The molecule has 0 heterocycles. The van der Waals surface area contributed by atoms with Crippen molar-refractivity contribution in [3.63, 3.8) is 0 Å². The topological polar surface area (TPSA) is 12.0 Å². The van der Waals surface area contributed by atoms with Gasteiger partial charge in [-0.15, -0.1) is 0 Å². The summed E-state index contributed by atoms with van der Waals surface area (Å²) in [6.07, 6.45) is 1.62. The molecule has 17 heavy (non-hydrogen) atoms. The van der Waals surface area contributed by atoms with Crippen LogP contribution in [0.25, 0.3) is 0 Å². The van der Waals surface area contributed by atoms with E-state index >= 15 is 0 Å². The molecule has 4 heteroatoms. The zero-order chi connectivity index (χ0) is 13.1. The van der Waals surface area contributed by atoms with E-state index in [0.29, 0.717) is 21.5 Å². The molecule has 0 aromatic heterocycles. The van der Waals surface area contributed by atoms with Crippen LogP contribution >= 0.6 is 27.5 Å². The van der Waals surface area contributed by atoms with Crippen molar-refractivity contribution in [1.82, 2.24) is 5.32 Å². The fourth-order valence-electron chi connectivity index (χ4n) is 1.80. The van der Waals surface area contributed by atoms with Gasteiger partial charge in [-0.3, -0.25) is 0 Å². The Kier molecular flexibility index (Phi) is 5.42. The lowest BCUT2D eigenvalue weighted by molar-refractivity contribution is 0.323. The van der Waals surface area contributed by atoms with Crippen LogP contribution in [0.15, 0.2) is 16.6 Å². The van der Waals surface area contributed by atoms with Gasteiger partial charge in [0, 0.05) is 4.47 Å². The Morgan fingerprint density at radius 1 is 1.41 bits per heavy atom. The fourth-order valence-corrected chi connectivity index (χ4v) is 2.30. The Labute approximate surface area is 116 Å². The third-order valence-corrected chi connectivity index (χ3v) is 4.01. The van der Waals surface area contributed by atoms with E-state index in [1.807, 2.05) is 7.05 Å². The van der Waals surface area contributed by atoms with Gasteiger partial charge in [-0.25, -0.2) is 4.39 Å². The van der Waals surface area contributed by atoms with E-state index in [4.69, 9.17) is 11.6 Å².